The second-order valence-corrected chi connectivity index (χ2v) is 8.48. The molecule has 1 saturated heterocycles. The van der Waals surface area contributed by atoms with Gasteiger partial charge in [-0.05, 0) is 46.1 Å². The molecule has 2 aliphatic carbocycles. The summed E-state index contributed by atoms with van der Waals surface area (Å²) in [7, 11) is 1.78. The first-order chi connectivity index (χ1) is 12.4. The molecular formula is C20H31N3O3. The minimum atomic E-state index is -1.02. The van der Waals surface area contributed by atoms with E-state index in [-0.39, 0.29) is 0 Å². The molecule has 0 bridgehead atoms. The number of hydrogen-bond acceptors (Lipinski definition) is 4. The molecule has 144 valence electrons. The predicted molar refractivity (Wildman–Crippen MR) is 100 cm³/mol. The van der Waals surface area contributed by atoms with E-state index in [4.69, 9.17) is 9.15 Å². The normalized spacial score (nSPS) is 31.7. The van der Waals surface area contributed by atoms with E-state index in [9.17, 15) is 5.11 Å². The zero-order valence-corrected chi connectivity index (χ0v) is 16.3. The molecule has 1 aromatic rings. The van der Waals surface area contributed by atoms with E-state index in [1.165, 1.54) is 19.3 Å². The van der Waals surface area contributed by atoms with Crippen molar-refractivity contribution in [1.29, 1.82) is 0 Å². The molecule has 0 aromatic carbocycles. The SMILES string of the molecule is CN=C(NCC(C)(O)c1cc(C)oc1C)NC1C2CCOC2C12CCC2. The molecule has 1 spiro atoms. The minimum absolute atomic E-state index is 0.305. The Labute approximate surface area is 155 Å². The smallest absolute Gasteiger partial charge is 0.191 e. The lowest BCUT2D eigenvalue weighted by Crippen LogP contribution is -2.72. The van der Waals surface area contributed by atoms with Crippen molar-refractivity contribution in [2.24, 2.45) is 16.3 Å². The largest absolute Gasteiger partial charge is 0.466 e. The Hall–Kier alpha value is -1.53. The quantitative estimate of drug-likeness (QED) is 0.566. The zero-order chi connectivity index (χ0) is 18.5. The van der Waals surface area contributed by atoms with Gasteiger partial charge in [0.15, 0.2) is 5.96 Å². The van der Waals surface area contributed by atoms with Gasteiger partial charge in [0.25, 0.3) is 0 Å². The average Bonchev–Trinajstić information content (AvgIpc) is 3.10. The van der Waals surface area contributed by atoms with Gasteiger partial charge in [0, 0.05) is 36.6 Å². The van der Waals surface area contributed by atoms with Crippen LogP contribution in [0.2, 0.25) is 0 Å². The van der Waals surface area contributed by atoms with Crippen LogP contribution in [0.4, 0.5) is 0 Å². The Morgan fingerprint density at radius 2 is 2.19 bits per heavy atom. The summed E-state index contributed by atoms with van der Waals surface area (Å²) in [5, 5.41) is 17.9. The van der Waals surface area contributed by atoms with Gasteiger partial charge in [-0.15, -0.1) is 0 Å². The molecule has 6 nitrogen and oxygen atoms in total. The summed E-state index contributed by atoms with van der Waals surface area (Å²) in [6, 6.07) is 2.33. The molecule has 0 amide bonds. The van der Waals surface area contributed by atoms with E-state index in [1.54, 1.807) is 7.05 Å². The molecule has 1 aromatic heterocycles. The molecule has 2 heterocycles. The highest BCUT2D eigenvalue weighted by molar-refractivity contribution is 5.80. The summed E-state index contributed by atoms with van der Waals surface area (Å²) >= 11 is 0. The minimum Gasteiger partial charge on any atom is -0.466 e. The van der Waals surface area contributed by atoms with Crippen molar-refractivity contribution in [3.63, 3.8) is 0 Å². The summed E-state index contributed by atoms with van der Waals surface area (Å²) in [4.78, 5) is 4.39. The van der Waals surface area contributed by atoms with E-state index in [2.05, 4.69) is 15.6 Å². The van der Waals surface area contributed by atoms with Gasteiger partial charge in [0.05, 0.1) is 12.6 Å². The summed E-state index contributed by atoms with van der Waals surface area (Å²) in [6.45, 7) is 6.85. The van der Waals surface area contributed by atoms with Crippen LogP contribution in [0.1, 0.15) is 49.7 Å². The number of nitrogens with one attached hydrogen (secondary N) is 2. The average molecular weight is 361 g/mol. The van der Waals surface area contributed by atoms with Gasteiger partial charge in [-0.2, -0.15) is 0 Å². The van der Waals surface area contributed by atoms with Crippen LogP contribution in [0.25, 0.3) is 0 Å². The number of aliphatic hydroxyl groups is 1. The van der Waals surface area contributed by atoms with E-state index in [1.807, 2.05) is 26.8 Å². The van der Waals surface area contributed by atoms with Crippen LogP contribution < -0.4 is 10.6 Å². The first-order valence-corrected chi connectivity index (χ1v) is 9.76. The number of rotatable bonds is 4. The number of guanidine groups is 1. The summed E-state index contributed by atoms with van der Waals surface area (Å²) in [5.74, 6) is 2.92. The van der Waals surface area contributed by atoms with Crippen LogP contribution in [-0.2, 0) is 10.3 Å². The number of furan rings is 1. The van der Waals surface area contributed by atoms with Crippen molar-refractivity contribution in [2.45, 2.75) is 64.2 Å². The zero-order valence-electron chi connectivity index (χ0n) is 16.3. The van der Waals surface area contributed by atoms with Gasteiger partial charge in [-0.25, -0.2) is 0 Å². The third kappa shape index (κ3) is 2.65. The lowest BCUT2D eigenvalue weighted by Gasteiger charge is -2.63. The Bertz CT molecular complexity index is 705. The van der Waals surface area contributed by atoms with Crippen LogP contribution in [0.15, 0.2) is 15.5 Å². The molecule has 4 atom stereocenters. The highest BCUT2D eigenvalue weighted by Gasteiger charge is 2.66. The molecule has 1 aliphatic heterocycles. The topological polar surface area (TPSA) is 79.0 Å². The molecule has 0 radical (unpaired) electrons. The van der Waals surface area contributed by atoms with Crippen LogP contribution in [0.5, 0.6) is 0 Å². The fourth-order valence-corrected chi connectivity index (χ4v) is 5.31. The highest BCUT2D eigenvalue weighted by atomic mass is 16.5. The molecule has 6 heteroatoms. The number of fused-ring (bicyclic) bond motifs is 2. The fraction of sp³-hybridized carbons (Fsp3) is 0.750. The first-order valence-electron chi connectivity index (χ1n) is 9.76. The number of ether oxygens (including phenoxy) is 1. The number of hydrogen-bond donors (Lipinski definition) is 3. The lowest BCUT2D eigenvalue weighted by molar-refractivity contribution is -0.171. The summed E-state index contributed by atoms with van der Waals surface area (Å²) in [6.07, 6.45) is 5.35. The summed E-state index contributed by atoms with van der Waals surface area (Å²) < 4.78 is 11.6. The maximum atomic E-state index is 10.9. The van der Waals surface area contributed by atoms with Crippen LogP contribution in [0.3, 0.4) is 0 Å². The third-order valence-corrected chi connectivity index (χ3v) is 6.77. The van der Waals surface area contributed by atoms with E-state index in [0.29, 0.717) is 30.0 Å². The molecule has 3 aliphatic rings. The Morgan fingerprint density at radius 3 is 2.77 bits per heavy atom. The standard InChI is InChI=1S/C20H31N3O3/c1-12-10-15(13(2)26-12)19(3,24)11-22-18(21-4)23-16-14-6-9-25-17(14)20(16)7-5-8-20/h10,14,16-17,24H,5-9,11H2,1-4H3,(H2,21,22,23). The molecule has 26 heavy (non-hydrogen) atoms. The molecule has 4 unspecified atom stereocenters. The lowest BCUT2D eigenvalue weighted by atomic mass is 9.46. The number of aryl methyl sites for hydroxylation is 2. The fourth-order valence-electron chi connectivity index (χ4n) is 5.31. The predicted octanol–water partition coefficient (Wildman–Crippen LogP) is 2.23. The second-order valence-electron chi connectivity index (χ2n) is 8.48. The van der Waals surface area contributed by atoms with Crippen molar-refractivity contribution in [3.8, 4) is 0 Å². The maximum Gasteiger partial charge on any atom is 0.191 e. The van der Waals surface area contributed by atoms with E-state index < -0.39 is 5.60 Å². The van der Waals surface area contributed by atoms with Gasteiger partial charge < -0.3 is 24.9 Å². The van der Waals surface area contributed by atoms with E-state index in [0.717, 1.165) is 36.1 Å². The van der Waals surface area contributed by atoms with Gasteiger partial charge >= 0.3 is 0 Å². The van der Waals surface area contributed by atoms with Crippen molar-refractivity contribution < 1.29 is 14.3 Å². The van der Waals surface area contributed by atoms with Crippen LogP contribution in [-0.4, -0.2) is 43.4 Å². The molecule has 3 N–H and O–H groups in total. The third-order valence-electron chi connectivity index (χ3n) is 6.77. The van der Waals surface area contributed by atoms with Gasteiger partial charge in [0.1, 0.15) is 17.1 Å². The Kier molecular flexibility index (Phi) is 4.31. The van der Waals surface area contributed by atoms with Crippen molar-refractivity contribution >= 4 is 5.96 Å². The van der Waals surface area contributed by atoms with Crippen molar-refractivity contribution in [2.75, 3.05) is 20.2 Å². The Balaban J connectivity index is 1.40. The second kappa shape index (κ2) is 6.27. The molecule has 2 saturated carbocycles. The monoisotopic (exact) mass is 361 g/mol. The van der Waals surface area contributed by atoms with Gasteiger partial charge in [-0.3, -0.25) is 4.99 Å². The highest BCUT2D eigenvalue weighted by Crippen LogP contribution is 2.62. The first kappa shape index (κ1) is 17.9. The van der Waals surface area contributed by atoms with E-state index >= 15 is 0 Å². The summed E-state index contributed by atoms with van der Waals surface area (Å²) in [5.41, 5.74) is 0.104. The van der Waals surface area contributed by atoms with Crippen molar-refractivity contribution in [3.05, 3.63) is 23.2 Å². The van der Waals surface area contributed by atoms with Crippen molar-refractivity contribution in [1.82, 2.24) is 10.6 Å². The van der Waals surface area contributed by atoms with Crippen LogP contribution >= 0.6 is 0 Å². The molecule has 3 fully saturated rings. The van der Waals surface area contributed by atoms with Crippen LogP contribution in [0, 0.1) is 25.2 Å². The molecular weight excluding hydrogens is 330 g/mol. The molecule has 4 rings (SSSR count). The Morgan fingerprint density at radius 1 is 1.42 bits per heavy atom. The number of aliphatic imine (C=N–C) groups is 1. The van der Waals surface area contributed by atoms with Gasteiger partial charge in [0.2, 0.25) is 0 Å². The van der Waals surface area contributed by atoms with Gasteiger partial charge in [-0.1, -0.05) is 6.42 Å². The number of nitrogens with zero attached hydrogens (tertiary/aromatic N) is 1. The maximum absolute atomic E-state index is 10.9.